The number of halogens is 1. The summed E-state index contributed by atoms with van der Waals surface area (Å²) >= 11 is 0. The molecule has 0 radical (unpaired) electrons. The molecule has 0 saturated carbocycles. The van der Waals surface area contributed by atoms with Gasteiger partial charge >= 0.3 is 0 Å². The highest BCUT2D eigenvalue weighted by Gasteiger charge is 2.08. The van der Waals surface area contributed by atoms with Gasteiger partial charge in [-0.3, -0.25) is 4.79 Å². The highest BCUT2D eigenvalue weighted by Crippen LogP contribution is 2.20. The molecule has 0 spiro atoms. The number of aromatic nitrogens is 1. The van der Waals surface area contributed by atoms with Crippen molar-refractivity contribution in [3.63, 3.8) is 0 Å². The fourth-order valence-corrected chi connectivity index (χ4v) is 2.10. The lowest BCUT2D eigenvalue weighted by Gasteiger charge is -2.05. The number of nitrogens with one attached hydrogen (secondary N) is 1. The molecule has 0 fully saturated rings. The van der Waals surface area contributed by atoms with Gasteiger partial charge in [-0.1, -0.05) is 0 Å². The largest absolute Gasteiger partial charge is 0.487 e. The molecule has 6 heteroatoms. The Morgan fingerprint density at radius 1 is 1.17 bits per heavy atom. The van der Waals surface area contributed by atoms with Crippen LogP contribution in [-0.2, 0) is 6.61 Å². The summed E-state index contributed by atoms with van der Waals surface area (Å²) < 4.78 is 23.9. The van der Waals surface area contributed by atoms with Crippen LogP contribution in [0.2, 0.25) is 0 Å². The third kappa shape index (κ3) is 3.60. The first-order chi connectivity index (χ1) is 11.7. The molecule has 3 aromatic rings. The first-order valence-electron chi connectivity index (χ1n) is 7.31. The van der Waals surface area contributed by atoms with E-state index in [2.05, 4.69) is 10.3 Å². The van der Waals surface area contributed by atoms with Crippen LogP contribution in [0.1, 0.15) is 16.1 Å². The van der Waals surface area contributed by atoms with Gasteiger partial charge in [0.1, 0.15) is 30.1 Å². The van der Waals surface area contributed by atoms with Crippen LogP contribution in [0, 0.1) is 5.82 Å². The number of amides is 1. The Morgan fingerprint density at radius 3 is 2.54 bits per heavy atom. The maximum Gasteiger partial charge on any atom is 0.251 e. The zero-order valence-corrected chi connectivity index (χ0v) is 13.0. The van der Waals surface area contributed by atoms with E-state index >= 15 is 0 Å². The molecule has 2 aromatic carbocycles. The van der Waals surface area contributed by atoms with E-state index in [0.717, 1.165) is 0 Å². The molecule has 3 rings (SSSR count). The molecule has 0 aliphatic heterocycles. The van der Waals surface area contributed by atoms with Gasteiger partial charge in [-0.15, -0.1) is 0 Å². The number of hydrogen-bond donors (Lipinski definition) is 1. The Morgan fingerprint density at radius 2 is 1.88 bits per heavy atom. The number of oxazole rings is 1. The predicted octanol–water partition coefficient (Wildman–Crippen LogP) is 3.42. The van der Waals surface area contributed by atoms with E-state index in [0.29, 0.717) is 28.5 Å². The number of benzene rings is 2. The summed E-state index contributed by atoms with van der Waals surface area (Å²) in [5.74, 6) is 0.564. The SMILES string of the molecule is CNC(=O)c1ccc(OCc2coc(-c3ccc(F)cc3)n2)cc1. The van der Waals surface area contributed by atoms with Crippen molar-refractivity contribution in [1.82, 2.24) is 10.3 Å². The maximum atomic E-state index is 12.9. The summed E-state index contributed by atoms with van der Waals surface area (Å²) in [6, 6.07) is 12.7. The Bertz CT molecular complexity index is 826. The summed E-state index contributed by atoms with van der Waals surface area (Å²) in [7, 11) is 1.58. The van der Waals surface area contributed by atoms with Crippen LogP contribution in [0.3, 0.4) is 0 Å². The number of rotatable bonds is 5. The van der Waals surface area contributed by atoms with E-state index in [4.69, 9.17) is 9.15 Å². The van der Waals surface area contributed by atoms with Crippen molar-refractivity contribution in [2.75, 3.05) is 7.05 Å². The average molecular weight is 326 g/mol. The molecule has 0 saturated heterocycles. The van der Waals surface area contributed by atoms with Gasteiger partial charge in [0.25, 0.3) is 5.91 Å². The van der Waals surface area contributed by atoms with Gasteiger partial charge in [0.15, 0.2) is 0 Å². The van der Waals surface area contributed by atoms with E-state index in [1.165, 1.54) is 18.4 Å². The minimum atomic E-state index is -0.311. The van der Waals surface area contributed by atoms with Crippen LogP contribution in [0.25, 0.3) is 11.5 Å². The number of nitrogens with zero attached hydrogens (tertiary/aromatic N) is 1. The molecule has 0 unspecified atom stereocenters. The van der Waals surface area contributed by atoms with Gasteiger partial charge in [-0.2, -0.15) is 0 Å². The molecule has 24 heavy (non-hydrogen) atoms. The van der Waals surface area contributed by atoms with Gasteiger partial charge in [0.2, 0.25) is 5.89 Å². The Kier molecular flexibility index (Phi) is 4.56. The summed E-state index contributed by atoms with van der Waals surface area (Å²) in [4.78, 5) is 15.8. The predicted molar refractivity (Wildman–Crippen MR) is 86.1 cm³/mol. The zero-order valence-electron chi connectivity index (χ0n) is 13.0. The van der Waals surface area contributed by atoms with Crippen molar-refractivity contribution in [2.45, 2.75) is 6.61 Å². The molecule has 122 valence electrons. The molecular weight excluding hydrogens is 311 g/mol. The molecule has 5 nitrogen and oxygen atoms in total. The minimum absolute atomic E-state index is 0.151. The Labute approximate surface area is 138 Å². The Balaban J connectivity index is 1.63. The first-order valence-corrected chi connectivity index (χ1v) is 7.31. The first kappa shape index (κ1) is 15.7. The normalized spacial score (nSPS) is 10.4. The highest BCUT2D eigenvalue weighted by molar-refractivity contribution is 5.94. The van der Waals surface area contributed by atoms with Crippen LogP contribution in [0.5, 0.6) is 5.75 Å². The van der Waals surface area contributed by atoms with Gasteiger partial charge < -0.3 is 14.5 Å². The molecule has 0 atom stereocenters. The molecule has 0 bridgehead atoms. The van der Waals surface area contributed by atoms with Crippen molar-refractivity contribution < 1.29 is 18.3 Å². The molecular formula is C18H15FN2O3. The van der Waals surface area contributed by atoms with E-state index in [9.17, 15) is 9.18 Å². The van der Waals surface area contributed by atoms with Crippen LogP contribution < -0.4 is 10.1 Å². The molecule has 0 aliphatic rings. The number of ether oxygens (including phenoxy) is 1. The van der Waals surface area contributed by atoms with Gasteiger partial charge in [-0.05, 0) is 48.5 Å². The lowest BCUT2D eigenvalue weighted by atomic mass is 10.2. The van der Waals surface area contributed by atoms with Crippen LogP contribution in [-0.4, -0.2) is 17.9 Å². The fraction of sp³-hybridized carbons (Fsp3) is 0.111. The summed E-state index contributed by atoms with van der Waals surface area (Å²) in [6.07, 6.45) is 1.50. The summed E-state index contributed by atoms with van der Waals surface area (Å²) in [5, 5.41) is 2.55. The van der Waals surface area contributed by atoms with Crippen molar-refractivity contribution in [2.24, 2.45) is 0 Å². The van der Waals surface area contributed by atoms with Crippen LogP contribution in [0.4, 0.5) is 4.39 Å². The van der Waals surface area contributed by atoms with Crippen molar-refractivity contribution in [3.05, 3.63) is 71.9 Å². The second-order valence-electron chi connectivity index (χ2n) is 5.04. The summed E-state index contributed by atoms with van der Waals surface area (Å²) in [5.41, 5.74) is 1.87. The Hall–Kier alpha value is -3.15. The van der Waals surface area contributed by atoms with Crippen molar-refractivity contribution in [3.8, 4) is 17.2 Å². The lowest BCUT2D eigenvalue weighted by Crippen LogP contribution is -2.17. The summed E-state index contributed by atoms with van der Waals surface area (Å²) in [6.45, 7) is 0.226. The van der Waals surface area contributed by atoms with Crippen LogP contribution in [0.15, 0.2) is 59.2 Å². The van der Waals surface area contributed by atoms with Gasteiger partial charge in [0, 0.05) is 18.2 Å². The van der Waals surface area contributed by atoms with E-state index < -0.39 is 0 Å². The third-order valence-corrected chi connectivity index (χ3v) is 3.37. The van der Waals surface area contributed by atoms with E-state index in [-0.39, 0.29) is 18.3 Å². The number of carbonyl (C=O) groups excluding carboxylic acids is 1. The van der Waals surface area contributed by atoms with E-state index in [1.54, 1.807) is 43.4 Å². The fourth-order valence-electron chi connectivity index (χ4n) is 2.10. The molecule has 1 N–H and O–H groups in total. The molecule has 1 amide bonds. The monoisotopic (exact) mass is 326 g/mol. The topological polar surface area (TPSA) is 64.4 Å². The molecule has 1 heterocycles. The number of hydrogen-bond acceptors (Lipinski definition) is 4. The zero-order chi connectivity index (χ0) is 16.9. The standard InChI is InChI=1S/C18H15FN2O3/c1-20-17(22)12-4-8-16(9-5-12)23-10-15-11-24-18(21-15)13-2-6-14(19)7-3-13/h2-9,11H,10H2,1H3,(H,20,22). The second kappa shape index (κ2) is 6.95. The van der Waals surface area contributed by atoms with Crippen molar-refractivity contribution >= 4 is 5.91 Å². The van der Waals surface area contributed by atoms with Crippen LogP contribution >= 0.6 is 0 Å². The maximum absolute atomic E-state index is 12.9. The van der Waals surface area contributed by atoms with E-state index in [1.807, 2.05) is 0 Å². The van der Waals surface area contributed by atoms with Gasteiger partial charge in [0.05, 0.1) is 0 Å². The smallest absolute Gasteiger partial charge is 0.251 e. The average Bonchev–Trinajstić information content (AvgIpc) is 3.09. The second-order valence-corrected chi connectivity index (χ2v) is 5.04. The molecule has 1 aromatic heterocycles. The minimum Gasteiger partial charge on any atom is -0.487 e. The lowest BCUT2D eigenvalue weighted by molar-refractivity contribution is 0.0963. The van der Waals surface area contributed by atoms with Gasteiger partial charge in [-0.25, -0.2) is 9.37 Å². The van der Waals surface area contributed by atoms with Crippen molar-refractivity contribution in [1.29, 1.82) is 0 Å². The quantitative estimate of drug-likeness (QED) is 0.780. The number of carbonyl (C=O) groups is 1. The highest BCUT2D eigenvalue weighted by atomic mass is 19.1. The third-order valence-electron chi connectivity index (χ3n) is 3.37. The molecule has 0 aliphatic carbocycles.